The molecule has 3 aliphatic heterocycles. The minimum absolute atomic E-state index is 0.226. The zero-order valence-corrected chi connectivity index (χ0v) is 37.4. The number of hydrogen-bond donors (Lipinski definition) is 3. The van der Waals surface area contributed by atoms with Crippen LogP contribution in [0.4, 0.5) is 0 Å². The molecule has 14 heteroatoms. The Balaban J connectivity index is 1.10. The van der Waals surface area contributed by atoms with Gasteiger partial charge >= 0.3 is 0 Å². The van der Waals surface area contributed by atoms with Crippen LogP contribution in [-0.2, 0) is 11.3 Å². The molecule has 4 unspecified atom stereocenters. The fourth-order valence-corrected chi connectivity index (χ4v) is 10.9. The van der Waals surface area contributed by atoms with Gasteiger partial charge in [0.15, 0.2) is 0 Å². The zero-order valence-electron chi connectivity index (χ0n) is 32.7. The van der Waals surface area contributed by atoms with Crippen molar-refractivity contribution in [2.75, 3.05) is 98.3 Å². The summed E-state index contributed by atoms with van der Waals surface area (Å²) < 4.78 is 12.4. The molecule has 3 saturated heterocycles. The molecule has 4 N–H and O–H groups in total. The first-order valence-electron chi connectivity index (χ1n) is 20.6. The van der Waals surface area contributed by atoms with Crippen LogP contribution in [0, 0.1) is 0 Å². The monoisotopic (exact) mass is 952 g/mol. The number of hydrogen-bond acceptors (Lipinski definition) is 8. The summed E-state index contributed by atoms with van der Waals surface area (Å²) in [6.45, 7) is 14.0. The Labute approximate surface area is 367 Å². The molecular formula is C44H52Br2Cl2N8O2. The minimum Gasteiger partial charge on any atom is -0.390 e. The first-order chi connectivity index (χ1) is 28.2. The molecule has 6 aromatic rings. The molecule has 0 spiro atoms. The van der Waals surface area contributed by atoms with Gasteiger partial charge in [0.05, 0.1) is 25.4 Å². The van der Waals surface area contributed by atoms with Crippen LogP contribution in [-0.4, -0.2) is 150 Å². The van der Waals surface area contributed by atoms with Crippen molar-refractivity contribution >= 4 is 98.7 Å². The van der Waals surface area contributed by atoms with Crippen LogP contribution < -0.4 is 11.1 Å². The van der Waals surface area contributed by atoms with E-state index in [4.69, 9.17) is 33.7 Å². The van der Waals surface area contributed by atoms with Gasteiger partial charge < -0.3 is 30.0 Å². The molecule has 0 radical (unpaired) electrons. The number of ether oxygens (including phenoxy) is 1. The number of rotatable bonds is 12. The van der Waals surface area contributed by atoms with Gasteiger partial charge in [0.1, 0.15) is 0 Å². The fourth-order valence-electron chi connectivity index (χ4n) is 9.83. The molecule has 3 aliphatic rings. The number of fused-ring (bicyclic) bond motifs is 6. The Kier molecular flexibility index (Phi) is 12.7. The van der Waals surface area contributed by atoms with Crippen molar-refractivity contribution in [1.29, 1.82) is 0 Å². The van der Waals surface area contributed by atoms with Gasteiger partial charge in [-0.05, 0) is 72.8 Å². The van der Waals surface area contributed by atoms with E-state index < -0.39 is 12.1 Å². The molecule has 9 rings (SSSR count). The van der Waals surface area contributed by atoms with Crippen molar-refractivity contribution in [1.82, 2.24) is 34.1 Å². The summed E-state index contributed by atoms with van der Waals surface area (Å²) in [6, 6.07) is 24.2. The average molecular weight is 956 g/mol. The van der Waals surface area contributed by atoms with Crippen molar-refractivity contribution in [3.05, 3.63) is 91.8 Å². The van der Waals surface area contributed by atoms with Crippen LogP contribution in [0.25, 0.3) is 43.6 Å². The first kappa shape index (κ1) is 41.1. The van der Waals surface area contributed by atoms with Gasteiger partial charge in [-0.15, -0.1) is 0 Å². The summed E-state index contributed by atoms with van der Waals surface area (Å²) in [6.07, 6.45) is -0.735. The van der Waals surface area contributed by atoms with E-state index in [9.17, 15) is 5.11 Å². The van der Waals surface area contributed by atoms with E-state index in [0.717, 1.165) is 134 Å². The molecule has 0 saturated carbocycles. The van der Waals surface area contributed by atoms with E-state index in [1.54, 1.807) is 0 Å². The summed E-state index contributed by atoms with van der Waals surface area (Å²) in [4.78, 5) is 10.1. The number of morpholine rings is 1. The van der Waals surface area contributed by atoms with Crippen molar-refractivity contribution < 1.29 is 9.84 Å². The van der Waals surface area contributed by atoms with Gasteiger partial charge in [0.25, 0.3) is 0 Å². The zero-order chi connectivity index (χ0) is 39.9. The summed E-state index contributed by atoms with van der Waals surface area (Å²) in [5.74, 6) is 0. The molecule has 308 valence electrons. The van der Waals surface area contributed by atoms with E-state index in [-0.39, 0.29) is 12.1 Å². The van der Waals surface area contributed by atoms with Crippen molar-refractivity contribution in [2.24, 2.45) is 5.73 Å². The Morgan fingerprint density at radius 2 is 1.12 bits per heavy atom. The summed E-state index contributed by atoms with van der Waals surface area (Å²) in [7, 11) is 0. The minimum atomic E-state index is -0.735. The van der Waals surface area contributed by atoms with E-state index in [1.807, 2.05) is 24.3 Å². The van der Waals surface area contributed by atoms with Crippen LogP contribution >= 0.6 is 55.1 Å². The number of aliphatic hydroxyl groups excluding tert-OH is 1. The highest BCUT2D eigenvalue weighted by atomic mass is 79.9. The number of benzene rings is 4. The molecule has 5 heterocycles. The van der Waals surface area contributed by atoms with Gasteiger partial charge in [-0.1, -0.05) is 55.1 Å². The van der Waals surface area contributed by atoms with E-state index >= 15 is 0 Å². The summed E-state index contributed by atoms with van der Waals surface area (Å²) in [5.41, 5.74) is 12.0. The number of β-amino-alcohol motifs (C(OH)–C–C–N with tert-alkyl or cyclic N) is 1. The molecular weight excluding hydrogens is 903 g/mol. The molecule has 0 amide bonds. The van der Waals surface area contributed by atoms with Crippen molar-refractivity contribution in [3.8, 4) is 0 Å². The topological polar surface area (TPSA) is 90.3 Å². The van der Waals surface area contributed by atoms with Gasteiger partial charge in [-0.25, -0.2) is 0 Å². The summed E-state index contributed by atoms with van der Waals surface area (Å²) >= 11 is 20.8. The molecule has 4 aromatic carbocycles. The number of halogens is 4. The SMILES string of the molecule is NC(Cn1c2ccc(Br)cc2c2cc(Br)ccc21)C(C(C(O)CN1CCN(CCN2CCOCC2)CC1)n1c2ccc(Cl)cc2c2cc(Cl)ccc21)N1CCNCC1. The highest BCUT2D eigenvalue weighted by Gasteiger charge is 2.41. The molecule has 3 fully saturated rings. The Hall–Kier alpha value is -2.30. The molecule has 58 heavy (non-hydrogen) atoms. The maximum atomic E-state index is 13.0. The lowest BCUT2D eigenvalue weighted by molar-refractivity contribution is -0.00181. The standard InChI is InChI=1S/C44H52Br2Cl2N8O2/c45-29-1-5-38-33(23-29)34-24-30(46)2-6-39(34)55(38)27-37(49)43(54-11-9-50-10-12-54)44(56-40-7-3-31(47)25-35(40)36-26-32(48)4-8-41(36)56)42(57)28-53-17-15-51(16-18-53)13-14-52-19-21-58-22-20-52/h1-8,23-26,37,42-44,50,57H,9-22,27-28,49H2. The van der Waals surface area contributed by atoms with Crippen molar-refractivity contribution in [2.45, 2.75) is 30.8 Å². The number of nitrogens with zero attached hydrogens (tertiary/aromatic N) is 6. The number of aromatic nitrogens is 2. The molecule has 10 nitrogen and oxygen atoms in total. The molecule has 0 aliphatic carbocycles. The first-order valence-corrected chi connectivity index (χ1v) is 22.9. The molecule has 0 bridgehead atoms. The van der Waals surface area contributed by atoms with Crippen molar-refractivity contribution in [3.63, 3.8) is 0 Å². The Morgan fingerprint density at radius 1 is 0.621 bits per heavy atom. The van der Waals surface area contributed by atoms with Crippen LogP contribution in [0.1, 0.15) is 6.04 Å². The van der Waals surface area contributed by atoms with Gasteiger partial charge in [0, 0.05) is 166 Å². The molecule has 4 atom stereocenters. The van der Waals surface area contributed by atoms with Crippen LogP contribution in [0.3, 0.4) is 0 Å². The lowest BCUT2D eigenvalue weighted by atomic mass is 9.91. The quantitative estimate of drug-likeness (QED) is 0.122. The maximum Gasteiger partial charge on any atom is 0.0890 e. The third-order valence-electron chi connectivity index (χ3n) is 12.7. The largest absolute Gasteiger partial charge is 0.390 e. The average Bonchev–Trinajstić information content (AvgIpc) is 3.70. The predicted octanol–water partition coefficient (Wildman–Crippen LogP) is 6.89. The second kappa shape index (κ2) is 18.0. The number of aliphatic hydroxyl groups is 1. The third-order valence-corrected chi connectivity index (χ3v) is 14.2. The van der Waals surface area contributed by atoms with Gasteiger partial charge in [-0.3, -0.25) is 19.6 Å². The third kappa shape index (κ3) is 8.47. The number of nitrogens with one attached hydrogen (secondary N) is 1. The fraction of sp³-hybridized carbons (Fsp3) is 0.455. The van der Waals surface area contributed by atoms with Gasteiger partial charge in [-0.2, -0.15) is 0 Å². The van der Waals surface area contributed by atoms with Gasteiger partial charge in [0.2, 0.25) is 0 Å². The second-order valence-electron chi connectivity index (χ2n) is 16.2. The Morgan fingerprint density at radius 3 is 1.69 bits per heavy atom. The smallest absolute Gasteiger partial charge is 0.0890 e. The Bertz CT molecular complexity index is 2270. The highest BCUT2D eigenvalue weighted by molar-refractivity contribution is 9.10. The second-order valence-corrected chi connectivity index (χ2v) is 18.9. The van der Waals surface area contributed by atoms with Crippen LogP contribution in [0.15, 0.2) is 81.7 Å². The normalized spacial score (nSPS) is 20.4. The summed E-state index contributed by atoms with van der Waals surface area (Å²) in [5, 5.41) is 22.3. The predicted molar refractivity (Wildman–Crippen MR) is 246 cm³/mol. The maximum absolute atomic E-state index is 13.0. The van der Waals surface area contributed by atoms with E-state index in [0.29, 0.717) is 23.1 Å². The van der Waals surface area contributed by atoms with Crippen LogP contribution in [0.5, 0.6) is 0 Å². The molecule has 2 aromatic heterocycles. The van der Waals surface area contributed by atoms with E-state index in [1.165, 1.54) is 10.8 Å². The van der Waals surface area contributed by atoms with E-state index in [2.05, 4.69) is 114 Å². The lowest BCUT2D eigenvalue weighted by Crippen LogP contribution is -2.61. The highest BCUT2D eigenvalue weighted by Crippen LogP contribution is 2.40. The lowest BCUT2D eigenvalue weighted by Gasteiger charge is -2.46. The number of nitrogens with two attached hydrogens (primary N) is 1. The van der Waals surface area contributed by atoms with Crippen LogP contribution in [0.2, 0.25) is 10.0 Å². The number of piperazine rings is 2.